The van der Waals surface area contributed by atoms with Crippen LogP contribution in [0.3, 0.4) is 0 Å². The molecule has 1 N–H and O–H groups in total. The summed E-state index contributed by atoms with van der Waals surface area (Å²) in [6, 6.07) is 6.77. The van der Waals surface area contributed by atoms with Gasteiger partial charge in [-0.2, -0.15) is 0 Å². The van der Waals surface area contributed by atoms with E-state index in [9.17, 15) is 0 Å². The minimum atomic E-state index is 0. The van der Waals surface area contributed by atoms with E-state index in [2.05, 4.69) is 28.9 Å². The van der Waals surface area contributed by atoms with Gasteiger partial charge < -0.3 is 14.8 Å². The molecule has 0 bridgehead atoms. The molecular formula is C16H24Cl2N2O2. The van der Waals surface area contributed by atoms with Gasteiger partial charge in [0.15, 0.2) is 11.5 Å². The summed E-state index contributed by atoms with van der Waals surface area (Å²) in [7, 11) is 0. The number of hydrogen-bond acceptors (Lipinski definition) is 4. The zero-order valence-electron chi connectivity index (χ0n) is 12.6. The Morgan fingerprint density at radius 2 is 1.91 bits per heavy atom. The lowest BCUT2D eigenvalue weighted by atomic mass is 9.99. The molecule has 2 aliphatic rings. The minimum Gasteiger partial charge on any atom is -0.454 e. The Hall–Kier alpha value is -0.940. The van der Waals surface area contributed by atoms with Crippen molar-refractivity contribution in [1.82, 2.24) is 10.2 Å². The average Bonchev–Trinajstić information content (AvgIpc) is 2.96. The van der Waals surface area contributed by atoms with Crippen LogP contribution in [0.15, 0.2) is 30.9 Å². The fraction of sp³-hybridized carbons (Fsp3) is 0.500. The molecule has 1 aromatic rings. The lowest BCUT2D eigenvalue weighted by molar-refractivity contribution is 0.165. The molecule has 6 heteroatoms. The lowest BCUT2D eigenvalue weighted by Gasteiger charge is -2.35. The Bertz CT molecular complexity index is 479. The molecule has 0 radical (unpaired) electrons. The third-order valence-corrected chi connectivity index (χ3v) is 4.02. The second-order valence-electron chi connectivity index (χ2n) is 5.28. The molecule has 0 spiro atoms. The molecular weight excluding hydrogens is 323 g/mol. The standard InChI is InChI=1S/C16H22N2O2.2ClH/c1-2-3-4-14(18-9-7-17-8-10-18)13-5-6-15-16(11-13)20-12-19-15;;/h2,5-6,11,14,17H,1,3-4,7-10,12H2;2*1H/t14-;;/m1../s1. The number of nitrogens with zero attached hydrogens (tertiary/aromatic N) is 1. The number of hydrogen-bond donors (Lipinski definition) is 1. The van der Waals surface area contributed by atoms with Crippen molar-refractivity contribution in [2.24, 2.45) is 0 Å². The maximum atomic E-state index is 5.51. The fourth-order valence-electron chi connectivity index (χ4n) is 2.95. The van der Waals surface area contributed by atoms with Crippen LogP contribution in [0.25, 0.3) is 0 Å². The van der Waals surface area contributed by atoms with Crippen molar-refractivity contribution in [3.8, 4) is 11.5 Å². The summed E-state index contributed by atoms with van der Waals surface area (Å²) >= 11 is 0. The van der Waals surface area contributed by atoms with Crippen LogP contribution in [0.5, 0.6) is 11.5 Å². The third kappa shape index (κ3) is 4.29. The molecule has 1 saturated heterocycles. The summed E-state index contributed by atoms with van der Waals surface area (Å²) in [5.41, 5.74) is 1.32. The molecule has 0 saturated carbocycles. The van der Waals surface area contributed by atoms with Crippen molar-refractivity contribution < 1.29 is 9.47 Å². The maximum Gasteiger partial charge on any atom is 0.231 e. The molecule has 0 aromatic heterocycles. The predicted molar refractivity (Wildman–Crippen MR) is 93.7 cm³/mol. The van der Waals surface area contributed by atoms with E-state index in [4.69, 9.17) is 9.47 Å². The Labute approximate surface area is 144 Å². The van der Waals surface area contributed by atoms with E-state index in [-0.39, 0.29) is 24.8 Å². The van der Waals surface area contributed by atoms with Gasteiger partial charge >= 0.3 is 0 Å². The van der Waals surface area contributed by atoms with Crippen LogP contribution in [0, 0.1) is 0 Å². The van der Waals surface area contributed by atoms with Crippen LogP contribution < -0.4 is 14.8 Å². The van der Waals surface area contributed by atoms with Crippen LogP contribution in [0.1, 0.15) is 24.4 Å². The van der Waals surface area contributed by atoms with Gasteiger partial charge in [0.1, 0.15) is 0 Å². The van der Waals surface area contributed by atoms with Gasteiger partial charge in [0, 0.05) is 32.2 Å². The summed E-state index contributed by atoms with van der Waals surface area (Å²) in [6.07, 6.45) is 4.13. The molecule has 0 aliphatic carbocycles. The van der Waals surface area contributed by atoms with Gasteiger partial charge in [-0.05, 0) is 30.5 Å². The highest BCUT2D eigenvalue weighted by Gasteiger charge is 2.23. The molecule has 124 valence electrons. The number of nitrogens with one attached hydrogen (secondary N) is 1. The minimum absolute atomic E-state index is 0. The number of benzene rings is 1. The number of rotatable bonds is 5. The average molecular weight is 347 g/mol. The molecule has 2 aliphatic heterocycles. The Kier molecular flexibility index (Phi) is 8.04. The van der Waals surface area contributed by atoms with Crippen molar-refractivity contribution in [1.29, 1.82) is 0 Å². The topological polar surface area (TPSA) is 33.7 Å². The van der Waals surface area contributed by atoms with E-state index < -0.39 is 0 Å². The summed E-state index contributed by atoms with van der Waals surface area (Å²) in [5, 5.41) is 3.41. The molecule has 1 fully saturated rings. The van der Waals surface area contributed by atoms with Gasteiger partial charge in [0.05, 0.1) is 0 Å². The van der Waals surface area contributed by atoms with Crippen LogP contribution in [-0.4, -0.2) is 37.9 Å². The summed E-state index contributed by atoms with van der Waals surface area (Å²) < 4.78 is 10.9. The lowest BCUT2D eigenvalue weighted by Crippen LogP contribution is -2.45. The summed E-state index contributed by atoms with van der Waals surface area (Å²) in [5.74, 6) is 1.73. The quantitative estimate of drug-likeness (QED) is 0.830. The first kappa shape index (κ1) is 19.1. The van der Waals surface area contributed by atoms with E-state index in [0.29, 0.717) is 12.8 Å². The Morgan fingerprint density at radius 1 is 1.18 bits per heavy atom. The molecule has 1 aromatic carbocycles. The van der Waals surface area contributed by atoms with Crippen molar-refractivity contribution in [3.05, 3.63) is 36.4 Å². The fourth-order valence-corrected chi connectivity index (χ4v) is 2.95. The summed E-state index contributed by atoms with van der Waals surface area (Å²) in [4.78, 5) is 2.55. The van der Waals surface area contributed by atoms with E-state index >= 15 is 0 Å². The van der Waals surface area contributed by atoms with Crippen LogP contribution in [0.4, 0.5) is 0 Å². The smallest absolute Gasteiger partial charge is 0.231 e. The van der Waals surface area contributed by atoms with Gasteiger partial charge in [0.25, 0.3) is 0 Å². The third-order valence-electron chi connectivity index (χ3n) is 4.02. The van der Waals surface area contributed by atoms with Gasteiger partial charge in [-0.1, -0.05) is 12.1 Å². The van der Waals surface area contributed by atoms with Crippen molar-refractivity contribution >= 4 is 24.8 Å². The zero-order chi connectivity index (χ0) is 13.8. The number of piperazine rings is 1. The highest BCUT2D eigenvalue weighted by Crippen LogP contribution is 2.36. The molecule has 1 atom stereocenters. The number of allylic oxidation sites excluding steroid dienone is 1. The number of fused-ring (bicyclic) bond motifs is 1. The Morgan fingerprint density at radius 3 is 2.64 bits per heavy atom. The van der Waals surface area contributed by atoms with Crippen LogP contribution >= 0.6 is 24.8 Å². The normalized spacial score (nSPS) is 18.0. The first-order chi connectivity index (χ1) is 9.88. The molecule has 0 amide bonds. The second kappa shape index (κ2) is 9.26. The number of halogens is 2. The van der Waals surface area contributed by atoms with E-state index in [1.165, 1.54) is 5.56 Å². The largest absolute Gasteiger partial charge is 0.454 e. The molecule has 2 heterocycles. The van der Waals surface area contributed by atoms with E-state index in [1.54, 1.807) is 0 Å². The number of ether oxygens (including phenoxy) is 2. The highest BCUT2D eigenvalue weighted by molar-refractivity contribution is 5.85. The van der Waals surface area contributed by atoms with E-state index in [1.807, 2.05) is 12.1 Å². The van der Waals surface area contributed by atoms with Crippen molar-refractivity contribution in [3.63, 3.8) is 0 Å². The van der Waals surface area contributed by atoms with Crippen LogP contribution in [-0.2, 0) is 0 Å². The highest BCUT2D eigenvalue weighted by atomic mass is 35.5. The summed E-state index contributed by atoms with van der Waals surface area (Å²) in [6.45, 7) is 8.51. The monoisotopic (exact) mass is 346 g/mol. The maximum absolute atomic E-state index is 5.51. The van der Waals surface area contributed by atoms with Gasteiger partial charge in [-0.3, -0.25) is 4.90 Å². The molecule has 3 rings (SSSR count). The SMILES string of the molecule is C=CCC[C@H](c1ccc2c(c1)OCO2)N1CCNCC1.Cl.Cl. The van der Waals surface area contributed by atoms with E-state index in [0.717, 1.165) is 50.5 Å². The zero-order valence-corrected chi connectivity index (χ0v) is 14.3. The van der Waals surface area contributed by atoms with Gasteiger partial charge in [0.2, 0.25) is 6.79 Å². The predicted octanol–water partition coefficient (Wildman–Crippen LogP) is 3.17. The van der Waals surface area contributed by atoms with Crippen molar-refractivity contribution in [2.75, 3.05) is 33.0 Å². The molecule has 0 unspecified atom stereocenters. The molecule has 4 nitrogen and oxygen atoms in total. The van der Waals surface area contributed by atoms with Gasteiger partial charge in [-0.25, -0.2) is 0 Å². The Balaban J connectivity index is 0.00000121. The first-order valence-electron chi connectivity index (χ1n) is 7.33. The first-order valence-corrected chi connectivity index (χ1v) is 7.33. The molecule has 22 heavy (non-hydrogen) atoms. The second-order valence-corrected chi connectivity index (χ2v) is 5.28. The van der Waals surface area contributed by atoms with Gasteiger partial charge in [-0.15, -0.1) is 31.4 Å². The van der Waals surface area contributed by atoms with Crippen LogP contribution in [0.2, 0.25) is 0 Å². The van der Waals surface area contributed by atoms with Crippen molar-refractivity contribution in [2.45, 2.75) is 18.9 Å².